The fourth-order valence-electron chi connectivity index (χ4n) is 3.27. The number of fused-ring (bicyclic) bond motifs is 2. The highest BCUT2D eigenvalue weighted by Crippen LogP contribution is 2.41. The predicted octanol–water partition coefficient (Wildman–Crippen LogP) is 1.78. The van der Waals surface area contributed by atoms with Gasteiger partial charge in [-0.05, 0) is 52.0 Å². The molecule has 0 heterocycles. The van der Waals surface area contributed by atoms with Gasteiger partial charge >= 0.3 is 11.9 Å². The molecule has 0 unspecified atom stereocenters. The summed E-state index contributed by atoms with van der Waals surface area (Å²) < 4.78 is 9.76. The van der Waals surface area contributed by atoms with E-state index in [2.05, 4.69) is 15.9 Å². The third-order valence-electron chi connectivity index (χ3n) is 4.46. The maximum absolute atomic E-state index is 12.3. The van der Waals surface area contributed by atoms with E-state index in [0.717, 1.165) is 0 Å². The minimum absolute atomic E-state index is 0.0672. The molecule has 0 bridgehead atoms. The Morgan fingerprint density at radius 1 is 1.00 bits per heavy atom. The minimum atomic E-state index is -1.48. The largest absolute Gasteiger partial charge is 0.468 e. The molecular weight excluding hydrogens is 380 g/mol. The molecule has 0 saturated heterocycles. The second-order valence-electron chi connectivity index (χ2n) is 5.77. The molecule has 0 aliphatic heterocycles. The number of allylic oxidation sites excluding steroid dienone is 2. The van der Waals surface area contributed by atoms with Crippen LogP contribution in [0.4, 0.5) is 0 Å². The standard InChI is InChI=1S/C17H13BrO6/c1-23-15(21)17(16(22)24-2)6-8-3-10-11(4-9(8)7-17)14(20)12(18)5-13(10)19/h3-5H,6-7H2,1-2H3. The van der Waals surface area contributed by atoms with Crippen molar-refractivity contribution in [3.8, 4) is 0 Å². The molecule has 0 N–H and O–H groups in total. The van der Waals surface area contributed by atoms with Gasteiger partial charge in [-0.2, -0.15) is 0 Å². The molecule has 2 aliphatic carbocycles. The van der Waals surface area contributed by atoms with Crippen LogP contribution in [0.25, 0.3) is 0 Å². The number of hydrogen-bond acceptors (Lipinski definition) is 6. The fraction of sp³-hybridized carbons (Fsp3) is 0.294. The summed E-state index contributed by atoms with van der Waals surface area (Å²) in [6, 6.07) is 3.15. The van der Waals surface area contributed by atoms with E-state index in [9.17, 15) is 19.2 Å². The van der Waals surface area contributed by atoms with Crippen LogP contribution in [0.15, 0.2) is 22.7 Å². The quantitative estimate of drug-likeness (QED) is 0.563. The smallest absolute Gasteiger partial charge is 0.323 e. The van der Waals surface area contributed by atoms with E-state index < -0.39 is 17.4 Å². The zero-order valence-electron chi connectivity index (χ0n) is 13.0. The number of rotatable bonds is 2. The van der Waals surface area contributed by atoms with E-state index in [0.29, 0.717) is 11.1 Å². The number of esters is 2. The number of methoxy groups -OCH3 is 2. The number of carbonyl (C=O) groups excluding carboxylic acids is 4. The number of Topliss-reactive ketones (excluding diaryl/α,β-unsaturated/α-hetero) is 1. The van der Waals surface area contributed by atoms with Crippen LogP contribution in [0.3, 0.4) is 0 Å². The Morgan fingerprint density at radius 2 is 1.50 bits per heavy atom. The third kappa shape index (κ3) is 2.23. The number of ether oxygens (including phenoxy) is 2. The van der Waals surface area contributed by atoms with Crippen molar-refractivity contribution in [3.05, 3.63) is 44.9 Å². The first kappa shape index (κ1) is 16.6. The summed E-state index contributed by atoms with van der Waals surface area (Å²) in [6.45, 7) is 0. The van der Waals surface area contributed by atoms with Crippen molar-refractivity contribution < 1.29 is 28.7 Å². The molecule has 0 spiro atoms. The summed E-state index contributed by atoms with van der Waals surface area (Å²) in [5, 5.41) is 0. The van der Waals surface area contributed by atoms with Crippen molar-refractivity contribution >= 4 is 39.4 Å². The monoisotopic (exact) mass is 392 g/mol. The molecule has 3 rings (SSSR count). The molecule has 0 aromatic heterocycles. The van der Waals surface area contributed by atoms with Crippen LogP contribution in [0, 0.1) is 5.41 Å². The van der Waals surface area contributed by atoms with E-state index in [1.54, 1.807) is 12.1 Å². The van der Waals surface area contributed by atoms with Crippen LogP contribution < -0.4 is 0 Å². The van der Waals surface area contributed by atoms with Crippen LogP contribution in [0.1, 0.15) is 31.8 Å². The van der Waals surface area contributed by atoms with Crippen LogP contribution >= 0.6 is 15.9 Å². The third-order valence-corrected chi connectivity index (χ3v) is 5.05. The highest BCUT2D eigenvalue weighted by molar-refractivity contribution is 9.12. The summed E-state index contributed by atoms with van der Waals surface area (Å²) in [5.74, 6) is -1.99. The Hall–Kier alpha value is -2.28. The molecule has 24 heavy (non-hydrogen) atoms. The molecule has 0 radical (unpaired) electrons. The van der Waals surface area contributed by atoms with Crippen molar-refractivity contribution in [1.29, 1.82) is 0 Å². The Balaban J connectivity index is 2.11. The highest BCUT2D eigenvalue weighted by atomic mass is 79.9. The number of ketones is 2. The highest BCUT2D eigenvalue weighted by Gasteiger charge is 2.53. The van der Waals surface area contributed by atoms with Gasteiger partial charge < -0.3 is 9.47 Å². The molecule has 0 saturated carbocycles. The van der Waals surface area contributed by atoms with Crippen LogP contribution in [0.5, 0.6) is 0 Å². The summed E-state index contributed by atoms with van der Waals surface area (Å²) in [7, 11) is 2.41. The molecule has 6 nitrogen and oxygen atoms in total. The van der Waals surface area contributed by atoms with Gasteiger partial charge in [0.25, 0.3) is 0 Å². The first-order chi connectivity index (χ1) is 11.3. The lowest BCUT2D eigenvalue weighted by atomic mass is 9.85. The second-order valence-corrected chi connectivity index (χ2v) is 6.63. The van der Waals surface area contributed by atoms with Crippen molar-refractivity contribution in [2.75, 3.05) is 14.2 Å². The Labute approximate surface area is 145 Å². The van der Waals surface area contributed by atoms with E-state index in [4.69, 9.17) is 9.47 Å². The van der Waals surface area contributed by atoms with E-state index in [1.807, 2.05) is 0 Å². The average molecular weight is 393 g/mol. The zero-order chi connectivity index (χ0) is 17.6. The van der Waals surface area contributed by atoms with Crippen molar-refractivity contribution in [3.63, 3.8) is 0 Å². The van der Waals surface area contributed by atoms with Gasteiger partial charge in [0, 0.05) is 17.2 Å². The molecule has 124 valence electrons. The molecule has 1 aromatic rings. The van der Waals surface area contributed by atoms with Crippen LogP contribution in [0.2, 0.25) is 0 Å². The maximum atomic E-state index is 12.3. The molecular formula is C17H13BrO6. The Morgan fingerprint density at radius 3 is 2.00 bits per heavy atom. The molecule has 0 amide bonds. The molecule has 7 heteroatoms. The van der Waals surface area contributed by atoms with Gasteiger partial charge in [0.1, 0.15) is 0 Å². The van der Waals surface area contributed by atoms with Crippen molar-refractivity contribution in [2.45, 2.75) is 12.8 Å². The van der Waals surface area contributed by atoms with E-state index >= 15 is 0 Å². The molecule has 0 fully saturated rings. The van der Waals surface area contributed by atoms with Gasteiger partial charge in [-0.1, -0.05) is 0 Å². The second kappa shape index (κ2) is 5.66. The van der Waals surface area contributed by atoms with Crippen LogP contribution in [-0.2, 0) is 31.9 Å². The fourth-order valence-corrected chi connectivity index (χ4v) is 3.69. The van der Waals surface area contributed by atoms with Gasteiger partial charge in [-0.3, -0.25) is 19.2 Å². The first-order valence-corrected chi connectivity index (χ1v) is 7.92. The topological polar surface area (TPSA) is 86.7 Å². The lowest BCUT2D eigenvalue weighted by Crippen LogP contribution is -2.42. The zero-order valence-corrected chi connectivity index (χ0v) is 14.6. The summed E-state index contributed by atoms with van der Waals surface area (Å²) in [6.07, 6.45) is 1.36. The van der Waals surface area contributed by atoms with Gasteiger partial charge in [-0.25, -0.2) is 0 Å². The molecule has 0 atom stereocenters. The summed E-state index contributed by atoms with van der Waals surface area (Å²) in [5.41, 5.74) is 0.378. The lowest BCUT2D eigenvalue weighted by Gasteiger charge is -2.22. The number of halogens is 1. The number of carbonyl (C=O) groups is 4. The minimum Gasteiger partial charge on any atom is -0.468 e. The van der Waals surface area contributed by atoms with E-state index in [-0.39, 0.29) is 40.0 Å². The predicted molar refractivity (Wildman–Crippen MR) is 86.0 cm³/mol. The van der Waals surface area contributed by atoms with Gasteiger partial charge in [-0.15, -0.1) is 0 Å². The number of hydrogen-bond donors (Lipinski definition) is 0. The first-order valence-electron chi connectivity index (χ1n) is 7.13. The van der Waals surface area contributed by atoms with Gasteiger partial charge in [0.15, 0.2) is 11.2 Å². The molecule has 2 aliphatic rings. The van der Waals surface area contributed by atoms with E-state index in [1.165, 1.54) is 20.3 Å². The SMILES string of the molecule is COC(=O)C1(C(=O)OC)Cc2cc3c(cc2C1)C(=O)C(Br)=CC3=O. The Bertz CT molecular complexity index is 820. The Kier molecular flexibility index (Phi) is 3.91. The maximum Gasteiger partial charge on any atom is 0.323 e. The van der Waals surface area contributed by atoms with Gasteiger partial charge in [0.2, 0.25) is 5.78 Å². The normalized spacial score (nSPS) is 17.7. The van der Waals surface area contributed by atoms with Gasteiger partial charge in [0.05, 0.1) is 18.7 Å². The van der Waals surface area contributed by atoms with Crippen LogP contribution in [-0.4, -0.2) is 37.7 Å². The van der Waals surface area contributed by atoms with Crippen molar-refractivity contribution in [1.82, 2.24) is 0 Å². The van der Waals surface area contributed by atoms with Crippen molar-refractivity contribution in [2.24, 2.45) is 5.41 Å². The summed E-state index contributed by atoms with van der Waals surface area (Å²) in [4.78, 5) is 48.9. The average Bonchev–Trinajstić information content (AvgIpc) is 2.96. The lowest BCUT2D eigenvalue weighted by molar-refractivity contribution is -0.168. The summed E-state index contributed by atoms with van der Waals surface area (Å²) >= 11 is 3.08. The number of benzene rings is 1. The molecule has 1 aromatic carbocycles.